The fraction of sp³-hybridized carbons (Fsp3) is 0.667. The van der Waals surface area contributed by atoms with Crippen LogP contribution in [0.1, 0.15) is 33.1 Å². The lowest BCUT2D eigenvalue weighted by Crippen LogP contribution is -2.68. The van der Waals surface area contributed by atoms with Crippen molar-refractivity contribution in [3.05, 3.63) is 30.1 Å². The summed E-state index contributed by atoms with van der Waals surface area (Å²) in [5.41, 5.74) is 1.08. The summed E-state index contributed by atoms with van der Waals surface area (Å²) in [4.78, 5) is 6.73. The van der Waals surface area contributed by atoms with Crippen molar-refractivity contribution in [3.63, 3.8) is 0 Å². The molecule has 3 fully saturated rings. The molecule has 0 radical (unpaired) electrons. The average Bonchev–Trinajstić information content (AvgIpc) is 3.12. The lowest BCUT2D eigenvalue weighted by molar-refractivity contribution is -0.106. The monoisotopic (exact) mass is 374 g/mol. The maximum absolute atomic E-state index is 13.6. The van der Waals surface area contributed by atoms with E-state index in [2.05, 4.69) is 34.4 Å². The van der Waals surface area contributed by atoms with Crippen molar-refractivity contribution in [3.8, 4) is 0 Å². The van der Waals surface area contributed by atoms with Crippen molar-refractivity contribution in [1.82, 2.24) is 10.6 Å². The Labute approximate surface area is 161 Å². The van der Waals surface area contributed by atoms with Crippen LogP contribution in [0, 0.1) is 17.2 Å². The Kier molecular flexibility index (Phi) is 5.01. The Hall–Kier alpha value is -1.82. The van der Waals surface area contributed by atoms with Crippen molar-refractivity contribution in [2.45, 2.75) is 51.3 Å². The van der Waals surface area contributed by atoms with E-state index in [4.69, 9.17) is 4.74 Å². The van der Waals surface area contributed by atoms with E-state index in [0.29, 0.717) is 24.1 Å². The van der Waals surface area contributed by atoms with Crippen LogP contribution in [0.4, 0.5) is 10.1 Å². The number of aliphatic imine (C=N–C) groups is 1. The van der Waals surface area contributed by atoms with E-state index in [1.54, 1.807) is 12.1 Å². The molecule has 0 bridgehead atoms. The second-order valence-corrected chi connectivity index (χ2v) is 8.67. The molecule has 4 unspecified atom stereocenters. The van der Waals surface area contributed by atoms with Crippen LogP contribution in [0.15, 0.2) is 29.3 Å². The molecule has 2 aliphatic heterocycles. The molecule has 6 heteroatoms. The van der Waals surface area contributed by atoms with Crippen LogP contribution in [-0.4, -0.2) is 50.9 Å². The van der Waals surface area contributed by atoms with Crippen LogP contribution < -0.4 is 15.5 Å². The predicted molar refractivity (Wildman–Crippen MR) is 107 cm³/mol. The summed E-state index contributed by atoms with van der Waals surface area (Å²) in [6.07, 6.45) is 3.67. The van der Waals surface area contributed by atoms with Crippen molar-refractivity contribution >= 4 is 11.6 Å². The van der Waals surface area contributed by atoms with Crippen molar-refractivity contribution in [2.75, 3.05) is 31.6 Å². The first-order chi connectivity index (χ1) is 13.0. The highest BCUT2D eigenvalue weighted by molar-refractivity contribution is 5.80. The highest BCUT2D eigenvalue weighted by atomic mass is 19.1. The average molecular weight is 375 g/mol. The molecule has 1 aliphatic carbocycles. The maximum atomic E-state index is 13.6. The number of guanidine groups is 1. The molecule has 0 spiro atoms. The van der Waals surface area contributed by atoms with Gasteiger partial charge in [-0.3, -0.25) is 4.99 Å². The van der Waals surface area contributed by atoms with Gasteiger partial charge in [-0.1, -0.05) is 19.9 Å². The number of halogens is 1. The van der Waals surface area contributed by atoms with Gasteiger partial charge in [-0.2, -0.15) is 0 Å². The maximum Gasteiger partial charge on any atom is 0.191 e. The fourth-order valence-electron chi connectivity index (χ4n) is 5.13. The van der Waals surface area contributed by atoms with Gasteiger partial charge in [-0.05, 0) is 37.5 Å². The summed E-state index contributed by atoms with van der Waals surface area (Å²) in [5, 5.41) is 7.26. The molecular formula is C21H31FN4O. The summed E-state index contributed by atoms with van der Waals surface area (Å²) in [5.74, 6) is 1.26. The van der Waals surface area contributed by atoms with Gasteiger partial charge in [-0.25, -0.2) is 4.39 Å². The van der Waals surface area contributed by atoms with Gasteiger partial charge in [0.2, 0.25) is 0 Å². The molecule has 1 saturated carbocycles. The predicted octanol–water partition coefficient (Wildman–Crippen LogP) is 2.77. The molecular weight excluding hydrogens is 343 g/mol. The summed E-state index contributed by atoms with van der Waals surface area (Å²) < 4.78 is 19.5. The zero-order chi connectivity index (χ0) is 19.0. The molecule has 4 rings (SSSR count). The molecule has 27 heavy (non-hydrogen) atoms. The standard InChI is InChI=1S/C21H31FN4O/c1-21(2)18(17-9-11-27-19(17)21)25-20(23-3)24-15-7-5-10-26(13-15)16-8-4-6-14(22)12-16/h4,6,8,12,15,17-19H,5,7,9-11,13H2,1-3H3,(H2,23,24,25). The van der Waals surface area contributed by atoms with Gasteiger partial charge in [0.15, 0.2) is 5.96 Å². The molecule has 2 saturated heterocycles. The van der Waals surface area contributed by atoms with E-state index in [1.807, 2.05) is 13.1 Å². The van der Waals surface area contributed by atoms with Gasteiger partial charge in [0, 0.05) is 55.8 Å². The Bertz CT molecular complexity index is 707. The molecule has 0 aromatic heterocycles. The van der Waals surface area contributed by atoms with Crippen molar-refractivity contribution in [2.24, 2.45) is 16.3 Å². The van der Waals surface area contributed by atoms with E-state index in [1.165, 1.54) is 6.07 Å². The van der Waals surface area contributed by atoms with Crippen LogP contribution >= 0.6 is 0 Å². The van der Waals surface area contributed by atoms with Gasteiger partial charge in [0.1, 0.15) is 5.82 Å². The molecule has 3 aliphatic rings. The SMILES string of the molecule is CN=C(NC1CCCN(c2cccc(F)c2)C1)NC1C2CCOC2C1(C)C. The number of hydrogen-bond acceptors (Lipinski definition) is 3. The van der Waals surface area contributed by atoms with E-state index in [0.717, 1.165) is 50.6 Å². The Morgan fingerprint density at radius 1 is 1.30 bits per heavy atom. The van der Waals surface area contributed by atoms with E-state index >= 15 is 0 Å². The number of rotatable bonds is 3. The number of piperidine rings is 1. The van der Waals surface area contributed by atoms with Crippen LogP contribution in [0.5, 0.6) is 0 Å². The Morgan fingerprint density at radius 3 is 2.93 bits per heavy atom. The normalized spacial score (nSPS) is 32.6. The molecule has 0 amide bonds. The number of benzene rings is 1. The zero-order valence-electron chi connectivity index (χ0n) is 16.5. The lowest BCUT2D eigenvalue weighted by atomic mass is 9.57. The van der Waals surface area contributed by atoms with Gasteiger partial charge in [0.25, 0.3) is 0 Å². The Balaban J connectivity index is 1.37. The summed E-state index contributed by atoms with van der Waals surface area (Å²) in [6.45, 7) is 7.24. The van der Waals surface area contributed by atoms with Crippen LogP contribution in [-0.2, 0) is 4.74 Å². The number of anilines is 1. The van der Waals surface area contributed by atoms with Crippen molar-refractivity contribution in [1.29, 1.82) is 0 Å². The minimum Gasteiger partial charge on any atom is -0.377 e. The third-order valence-electron chi connectivity index (χ3n) is 6.55. The van der Waals surface area contributed by atoms with Gasteiger partial charge < -0.3 is 20.3 Å². The van der Waals surface area contributed by atoms with Crippen LogP contribution in [0.3, 0.4) is 0 Å². The molecule has 4 atom stereocenters. The first-order valence-corrected chi connectivity index (χ1v) is 10.1. The number of ether oxygens (including phenoxy) is 1. The molecule has 1 aromatic carbocycles. The van der Waals surface area contributed by atoms with E-state index in [-0.39, 0.29) is 11.2 Å². The van der Waals surface area contributed by atoms with Crippen LogP contribution in [0.2, 0.25) is 0 Å². The number of hydrogen-bond donors (Lipinski definition) is 2. The quantitative estimate of drug-likeness (QED) is 0.631. The molecule has 148 valence electrons. The van der Waals surface area contributed by atoms with Crippen LogP contribution in [0.25, 0.3) is 0 Å². The van der Waals surface area contributed by atoms with Crippen molar-refractivity contribution < 1.29 is 9.13 Å². The van der Waals surface area contributed by atoms with Gasteiger partial charge in [0.05, 0.1) is 6.10 Å². The number of nitrogens with one attached hydrogen (secondary N) is 2. The third kappa shape index (κ3) is 3.51. The van der Waals surface area contributed by atoms with Gasteiger partial charge in [-0.15, -0.1) is 0 Å². The summed E-state index contributed by atoms with van der Waals surface area (Å²) in [6, 6.07) is 7.56. The zero-order valence-corrected chi connectivity index (χ0v) is 16.5. The first-order valence-electron chi connectivity index (χ1n) is 10.1. The second kappa shape index (κ2) is 7.30. The lowest BCUT2D eigenvalue weighted by Gasteiger charge is -2.55. The highest BCUT2D eigenvalue weighted by Crippen LogP contribution is 2.52. The number of nitrogens with zero attached hydrogens (tertiary/aromatic N) is 2. The summed E-state index contributed by atoms with van der Waals surface area (Å²) in [7, 11) is 1.83. The smallest absolute Gasteiger partial charge is 0.191 e. The third-order valence-corrected chi connectivity index (χ3v) is 6.55. The molecule has 1 aromatic rings. The second-order valence-electron chi connectivity index (χ2n) is 8.67. The topological polar surface area (TPSA) is 48.9 Å². The fourth-order valence-corrected chi connectivity index (χ4v) is 5.13. The molecule has 2 N–H and O–H groups in total. The minimum atomic E-state index is -0.180. The minimum absolute atomic E-state index is 0.124. The number of fused-ring (bicyclic) bond motifs is 1. The largest absolute Gasteiger partial charge is 0.377 e. The van der Waals surface area contributed by atoms with Gasteiger partial charge >= 0.3 is 0 Å². The summed E-state index contributed by atoms with van der Waals surface area (Å²) >= 11 is 0. The van der Waals surface area contributed by atoms with E-state index in [9.17, 15) is 4.39 Å². The molecule has 5 nitrogen and oxygen atoms in total. The molecule has 2 heterocycles. The first kappa shape index (κ1) is 18.5. The highest BCUT2D eigenvalue weighted by Gasteiger charge is 2.59. The Morgan fingerprint density at radius 2 is 2.15 bits per heavy atom. The van der Waals surface area contributed by atoms with E-state index < -0.39 is 0 Å².